The Bertz CT molecular complexity index is 1790. The van der Waals surface area contributed by atoms with Gasteiger partial charge in [0.1, 0.15) is 0 Å². The lowest BCUT2D eigenvalue weighted by atomic mass is 10.00. The molecule has 0 spiro atoms. The van der Waals surface area contributed by atoms with E-state index in [-0.39, 0.29) is 5.92 Å². The van der Waals surface area contributed by atoms with Gasteiger partial charge in [-0.05, 0) is 71.7 Å². The molecule has 0 saturated carbocycles. The molecule has 0 unspecified atom stereocenters. The fourth-order valence-electron chi connectivity index (χ4n) is 5.57. The number of hydrogen-bond acceptors (Lipinski definition) is 2. The van der Waals surface area contributed by atoms with E-state index in [4.69, 9.17) is 9.97 Å². The number of aromatic nitrogens is 4. The first-order chi connectivity index (χ1) is 19.1. The summed E-state index contributed by atoms with van der Waals surface area (Å²) in [5.74, 6) is 0.249. The van der Waals surface area contributed by atoms with Crippen molar-refractivity contribution in [3.05, 3.63) is 119 Å². The molecule has 0 fully saturated rings. The summed E-state index contributed by atoms with van der Waals surface area (Å²) >= 11 is 0. The van der Waals surface area contributed by atoms with Crippen LogP contribution in [0.5, 0.6) is 0 Å². The standard InChI is InChI=1S/C35H28N4/c1-22(2)33-27-17-19-31(38-27)34(23-9-5-3-6-10-23)29-15-13-25(36-29)21-26-14-16-30(37-26)35(24-11-7-4-8-12-24)32-20-18-28(33)39-32/h3-22,36-37H,1-2H3. The highest BCUT2D eigenvalue weighted by Crippen LogP contribution is 2.35. The molecule has 3 aromatic heterocycles. The second-order valence-electron chi connectivity index (χ2n) is 10.3. The molecule has 8 bridgehead atoms. The van der Waals surface area contributed by atoms with E-state index in [2.05, 4.69) is 127 Å². The lowest BCUT2D eigenvalue weighted by Gasteiger charge is -2.08. The zero-order valence-corrected chi connectivity index (χ0v) is 21.9. The highest BCUT2D eigenvalue weighted by Gasteiger charge is 2.18. The minimum absolute atomic E-state index is 0.249. The van der Waals surface area contributed by atoms with Crippen molar-refractivity contribution < 1.29 is 0 Å². The van der Waals surface area contributed by atoms with Crippen molar-refractivity contribution >= 4 is 46.4 Å². The van der Waals surface area contributed by atoms with Gasteiger partial charge in [0.2, 0.25) is 0 Å². The molecule has 0 aliphatic carbocycles. The van der Waals surface area contributed by atoms with Gasteiger partial charge in [0.15, 0.2) is 0 Å². The highest BCUT2D eigenvalue weighted by molar-refractivity contribution is 5.93. The second-order valence-corrected chi connectivity index (χ2v) is 10.3. The Hall–Kier alpha value is -4.96. The Morgan fingerprint density at radius 1 is 0.513 bits per heavy atom. The molecule has 4 nitrogen and oxygen atoms in total. The van der Waals surface area contributed by atoms with Gasteiger partial charge in [0, 0.05) is 38.8 Å². The van der Waals surface area contributed by atoms with E-state index >= 15 is 0 Å². The van der Waals surface area contributed by atoms with Gasteiger partial charge in [-0.3, -0.25) is 0 Å². The van der Waals surface area contributed by atoms with Gasteiger partial charge in [-0.1, -0.05) is 74.5 Å². The third kappa shape index (κ3) is 4.20. The lowest BCUT2D eigenvalue weighted by Crippen LogP contribution is -1.96. The van der Waals surface area contributed by atoms with Crippen molar-refractivity contribution in [1.82, 2.24) is 19.9 Å². The monoisotopic (exact) mass is 504 g/mol. The first kappa shape index (κ1) is 23.2. The maximum Gasteiger partial charge on any atom is 0.0737 e. The Labute approximate surface area is 227 Å². The van der Waals surface area contributed by atoms with Crippen molar-refractivity contribution in [3.63, 3.8) is 0 Å². The van der Waals surface area contributed by atoms with Crippen molar-refractivity contribution in [1.29, 1.82) is 0 Å². The first-order valence-corrected chi connectivity index (χ1v) is 13.4. The molecule has 2 aromatic carbocycles. The van der Waals surface area contributed by atoms with E-state index in [1.807, 2.05) is 12.1 Å². The SMILES string of the molecule is CC(C)c1c2nc(c(-c3ccccc3)c3ccc(cc4ccc([nH]4)c(-c4ccccc4)c4nc1C=C4)[nH]3)C=C2. The number of hydrogen-bond donors (Lipinski definition) is 2. The summed E-state index contributed by atoms with van der Waals surface area (Å²) in [6, 6.07) is 31.6. The van der Waals surface area contributed by atoms with E-state index in [1.54, 1.807) is 0 Å². The van der Waals surface area contributed by atoms with Crippen molar-refractivity contribution in [2.24, 2.45) is 0 Å². The third-order valence-electron chi connectivity index (χ3n) is 7.31. The molecule has 39 heavy (non-hydrogen) atoms. The number of H-pyrrole nitrogens is 2. The fourth-order valence-corrected chi connectivity index (χ4v) is 5.57. The minimum Gasteiger partial charge on any atom is -0.355 e. The largest absolute Gasteiger partial charge is 0.355 e. The predicted molar refractivity (Wildman–Crippen MR) is 164 cm³/mol. The van der Waals surface area contributed by atoms with Gasteiger partial charge in [-0.2, -0.15) is 0 Å². The van der Waals surface area contributed by atoms with Crippen LogP contribution >= 0.6 is 0 Å². The van der Waals surface area contributed by atoms with E-state index in [0.717, 1.165) is 72.7 Å². The van der Waals surface area contributed by atoms with Gasteiger partial charge in [0.25, 0.3) is 0 Å². The smallest absolute Gasteiger partial charge is 0.0737 e. The van der Waals surface area contributed by atoms with Crippen LogP contribution in [0.4, 0.5) is 0 Å². The van der Waals surface area contributed by atoms with Gasteiger partial charge in [-0.15, -0.1) is 0 Å². The summed E-state index contributed by atoms with van der Waals surface area (Å²) in [5.41, 5.74) is 13.5. The van der Waals surface area contributed by atoms with Crippen LogP contribution in [0.15, 0.2) is 91.0 Å². The van der Waals surface area contributed by atoms with Crippen LogP contribution in [0.1, 0.15) is 48.1 Å². The van der Waals surface area contributed by atoms with Crippen molar-refractivity contribution in [3.8, 4) is 22.3 Å². The van der Waals surface area contributed by atoms with E-state index in [9.17, 15) is 0 Å². The van der Waals surface area contributed by atoms with Crippen LogP contribution in [0.2, 0.25) is 0 Å². The molecule has 5 aromatic rings. The Balaban J connectivity index is 1.64. The molecule has 4 heteroatoms. The average molecular weight is 505 g/mol. The topological polar surface area (TPSA) is 57.4 Å². The highest BCUT2D eigenvalue weighted by atomic mass is 14.8. The third-order valence-corrected chi connectivity index (χ3v) is 7.31. The number of fused-ring (bicyclic) bond motifs is 8. The molecule has 0 radical (unpaired) electrons. The zero-order valence-electron chi connectivity index (χ0n) is 21.9. The summed E-state index contributed by atoms with van der Waals surface area (Å²) in [6.07, 6.45) is 8.53. The number of rotatable bonds is 3. The number of nitrogens with one attached hydrogen (secondary N) is 2. The van der Waals surface area contributed by atoms with Crippen LogP contribution < -0.4 is 0 Å². The maximum absolute atomic E-state index is 5.20. The van der Waals surface area contributed by atoms with Crippen LogP contribution in [0.3, 0.4) is 0 Å². The Morgan fingerprint density at radius 3 is 1.38 bits per heavy atom. The van der Waals surface area contributed by atoms with Gasteiger partial charge >= 0.3 is 0 Å². The summed E-state index contributed by atoms with van der Waals surface area (Å²) < 4.78 is 0. The summed E-state index contributed by atoms with van der Waals surface area (Å²) in [7, 11) is 0. The van der Waals surface area contributed by atoms with Crippen LogP contribution in [-0.2, 0) is 0 Å². The molecular weight excluding hydrogens is 476 g/mol. The second kappa shape index (κ2) is 9.41. The molecule has 2 N–H and O–H groups in total. The van der Waals surface area contributed by atoms with Gasteiger partial charge in [-0.25, -0.2) is 9.97 Å². The summed E-state index contributed by atoms with van der Waals surface area (Å²) in [4.78, 5) is 17.7. The normalized spacial score (nSPS) is 12.4. The molecular formula is C35H28N4. The number of benzene rings is 2. The van der Waals surface area contributed by atoms with E-state index in [1.165, 1.54) is 0 Å². The number of nitrogens with zero attached hydrogens (tertiary/aromatic N) is 2. The summed E-state index contributed by atoms with van der Waals surface area (Å²) in [5, 5.41) is 0. The molecule has 2 aliphatic rings. The fraction of sp³-hybridized carbons (Fsp3) is 0.0857. The molecule has 2 aliphatic heterocycles. The zero-order chi connectivity index (χ0) is 26.3. The quantitative estimate of drug-likeness (QED) is 0.252. The van der Waals surface area contributed by atoms with Gasteiger partial charge < -0.3 is 9.97 Å². The van der Waals surface area contributed by atoms with Crippen molar-refractivity contribution in [2.45, 2.75) is 19.8 Å². The summed E-state index contributed by atoms with van der Waals surface area (Å²) in [6.45, 7) is 4.43. The molecule has 188 valence electrons. The maximum atomic E-state index is 5.20. The van der Waals surface area contributed by atoms with Crippen LogP contribution in [-0.4, -0.2) is 19.9 Å². The Kier molecular flexibility index (Phi) is 5.59. The average Bonchev–Trinajstić information content (AvgIpc) is 3.76. The molecule has 0 amide bonds. The van der Waals surface area contributed by atoms with Crippen LogP contribution in [0.25, 0.3) is 68.6 Å². The van der Waals surface area contributed by atoms with Crippen LogP contribution in [0, 0.1) is 0 Å². The predicted octanol–water partition coefficient (Wildman–Crippen LogP) is 9.11. The minimum atomic E-state index is 0.249. The van der Waals surface area contributed by atoms with Gasteiger partial charge in [0.05, 0.1) is 22.8 Å². The number of aromatic amines is 2. The molecule has 0 atom stereocenters. The van der Waals surface area contributed by atoms with E-state index < -0.39 is 0 Å². The first-order valence-electron chi connectivity index (χ1n) is 13.4. The lowest BCUT2D eigenvalue weighted by molar-refractivity contribution is 0.849. The molecule has 7 rings (SSSR count). The molecule has 5 heterocycles. The van der Waals surface area contributed by atoms with Crippen molar-refractivity contribution in [2.75, 3.05) is 0 Å². The Morgan fingerprint density at radius 2 is 0.949 bits per heavy atom. The van der Waals surface area contributed by atoms with E-state index in [0.29, 0.717) is 0 Å². The molecule has 0 saturated heterocycles.